The molecule has 1 amide bonds. The average molecular weight is 324 g/mol. The number of hydrogen-bond donors (Lipinski definition) is 2. The van der Waals surface area contributed by atoms with E-state index in [4.69, 9.17) is 0 Å². The third kappa shape index (κ3) is 6.03. The highest BCUT2D eigenvalue weighted by atomic mass is 32.2. The zero-order valence-electron chi connectivity index (χ0n) is 11.4. The minimum absolute atomic E-state index is 0.0614. The van der Waals surface area contributed by atoms with E-state index in [0.29, 0.717) is 11.3 Å². The van der Waals surface area contributed by atoms with Crippen LogP contribution in [0.5, 0.6) is 0 Å². The van der Waals surface area contributed by atoms with Gasteiger partial charge in [0.2, 0.25) is 5.91 Å². The molecule has 5 nitrogen and oxygen atoms in total. The summed E-state index contributed by atoms with van der Waals surface area (Å²) in [4.78, 5) is 11.3. The maximum Gasteiger partial charge on any atom is 0.405 e. The second-order valence-corrected chi connectivity index (χ2v) is 6.51. The molecule has 21 heavy (non-hydrogen) atoms. The predicted molar refractivity (Wildman–Crippen MR) is 71.8 cm³/mol. The number of amides is 1. The number of carbonyl (C=O) groups is 1. The van der Waals surface area contributed by atoms with E-state index in [1.165, 1.54) is 12.1 Å². The maximum atomic E-state index is 11.9. The van der Waals surface area contributed by atoms with Crippen LogP contribution in [-0.4, -0.2) is 39.8 Å². The molecule has 0 unspecified atom stereocenters. The van der Waals surface area contributed by atoms with Crippen LogP contribution >= 0.6 is 0 Å². The lowest BCUT2D eigenvalue weighted by Gasteiger charge is -2.12. The second kappa shape index (κ2) is 6.33. The van der Waals surface area contributed by atoms with E-state index in [9.17, 15) is 26.4 Å². The molecule has 118 valence electrons. The van der Waals surface area contributed by atoms with E-state index in [-0.39, 0.29) is 11.4 Å². The Balaban J connectivity index is 2.69. The Bertz CT molecular complexity index is 627. The summed E-state index contributed by atoms with van der Waals surface area (Å²) in [5.41, 5.74) is 1.05. The van der Waals surface area contributed by atoms with E-state index >= 15 is 0 Å². The molecule has 0 bridgehead atoms. The highest BCUT2D eigenvalue weighted by molar-refractivity contribution is 7.90. The summed E-state index contributed by atoms with van der Waals surface area (Å²) in [7, 11) is -3.40. The van der Waals surface area contributed by atoms with Gasteiger partial charge in [-0.3, -0.25) is 4.79 Å². The van der Waals surface area contributed by atoms with Crippen molar-refractivity contribution < 1.29 is 26.4 Å². The van der Waals surface area contributed by atoms with Crippen molar-refractivity contribution in [1.29, 1.82) is 0 Å². The van der Waals surface area contributed by atoms with Gasteiger partial charge in [-0.15, -0.1) is 0 Å². The van der Waals surface area contributed by atoms with Crippen LogP contribution in [0.3, 0.4) is 0 Å². The first-order valence-electron chi connectivity index (χ1n) is 5.87. The van der Waals surface area contributed by atoms with Gasteiger partial charge in [-0.2, -0.15) is 13.2 Å². The summed E-state index contributed by atoms with van der Waals surface area (Å²) < 4.78 is 58.6. The lowest BCUT2D eigenvalue weighted by atomic mass is 10.2. The zero-order chi connectivity index (χ0) is 16.3. The Morgan fingerprint density at radius 1 is 1.29 bits per heavy atom. The number of carbonyl (C=O) groups excluding carboxylic acids is 1. The van der Waals surface area contributed by atoms with Crippen molar-refractivity contribution in [3.05, 3.63) is 23.8 Å². The Kier molecular flexibility index (Phi) is 5.21. The highest BCUT2D eigenvalue weighted by Gasteiger charge is 2.27. The summed E-state index contributed by atoms with van der Waals surface area (Å²) in [6.07, 6.45) is -3.43. The summed E-state index contributed by atoms with van der Waals surface area (Å²) >= 11 is 0. The summed E-state index contributed by atoms with van der Waals surface area (Å²) in [5, 5.41) is 4.33. The van der Waals surface area contributed by atoms with Crippen LogP contribution in [0.1, 0.15) is 5.56 Å². The van der Waals surface area contributed by atoms with Gasteiger partial charge in [-0.1, -0.05) is 6.07 Å². The molecule has 0 aliphatic carbocycles. The van der Waals surface area contributed by atoms with Crippen molar-refractivity contribution in [2.45, 2.75) is 18.0 Å². The van der Waals surface area contributed by atoms with E-state index < -0.39 is 28.5 Å². The third-order valence-corrected chi connectivity index (χ3v) is 3.67. The van der Waals surface area contributed by atoms with Gasteiger partial charge in [0.1, 0.15) is 6.54 Å². The molecule has 0 radical (unpaired) electrons. The summed E-state index contributed by atoms with van der Waals surface area (Å²) in [6.45, 7) is -0.109. The minimum Gasteiger partial charge on any atom is -0.376 e. The third-order valence-electron chi connectivity index (χ3n) is 2.56. The normalized spacial score (nSPS) is 12.0. The molecule has 0 saturated carbocycles. The number of aryl methyl sites for hydroxylation is 1. The molecule has 0 fully saturated rings. The van der Waals surface area contributed by atoms with Gasteiger partial charge >= 0.3 is 6.18 Å². The molecule has 0 atom stereocenters. The minimum atomic E-state index is -4.47. The molecule has 0 aliphatic heterocycles. The van der Waals surface area contributed by atoms with Crippen LogP contribution in [-0.2, 0) is 14.6 Å². The zero-order valence-corrected chi connectivity index (χ0v) is 12.2. The number of sulfone groups is 1. The average Bonchev–Trinajstić information content (AvgIpc) is 2.33. The number of halogens is 3. The van der Waals surface area contributed by atoms with Gasteiger partial charge in [-0.25, -0.2) is 8.42 Å². The largest absolute Gasteiger partial charge is 0.405 e. The fourth-order valence-corrected chi connectivity index (χ4v) is 2.11. The quantitative estimate of drug-likeness (QED) is 0.860. The molecule has 2 N–H and O–H groups in total. The Hall–Kier alpha value is -1.77. The number of hydrogen-bond acceptors (Lipinski definition) is 4. The number of rotatable bonds is 5. The molecule has 0 saturated heterocycles. The van der Waals surface area contributed by atoms with Crippen molar-refractivity contribution >= 4 is 21.4 Å². The Morgan fingerprint density at radius 3 is 2.43 bits per heavy atom. The van der Waals surface area contributed by atoms with Crippen LogP contribution in [0.2, 0.25) is 0 Å². The van der Waals surface area contributed by atoms with Crippen molar-refractivity contribution in [2.75, 3.05) is 24.7 Å². The SMILES string of the molecule is Cc1ccc(S(C)(=O)=O)cc1NCC(=O)NCC(F)(F)F. The number of alkyl halides is 3. The smallest absolute Gasteiger partial charge is 0.376 e. The fraction of sp³-hybridized carbons (Fsp3) is 0.417. The topological polar surface area (TPSA) is 75.3 Å². The van der Waals surface area contributed by atoms with Crippen LogP contribution in [0.15, 0.2) is 23.1 Å². The lowest BCUT2D eigenvalue weighted by Crippen LogP contribution is -2.37. The fourth-order valence-electron chi connectivity index (χ4n) is 1.46. The van der Waals surface area contributed by atoms with Crippen molar-refractivity contribution in [1.82, 2.24) is 5.32 Å². The van der Waals surface area contributed by atoms with Gasteiger partial charge in [-0.05, 0) is 24.6 Å². The molecular formula is C12H15F3N2O3S. The first-order chi connectivity index (χ1) is 9.49. The summed E-state index contributed by atoms with van der Waals surface area (Å²) in [5.74, 6) is -0.837. The second-order valence-electron chi connectivity index (χ2n) is 4.49. The number of nitrogens with one attached hydrogen (secondary N) is 2. The lowest BCUT2D eigenvalue weighted by molar-refractivity contribution is -0.137. The molecular weight excluding hydrogens is 309 g/mol. The van der Waals surface area contributed by atoms with Gasteiger partial charge in [0, 0.05) is 11.9 Å². The van der Waals surface area contributed by atoms with Gasteiger partial charge < -0.3 is 10.6 Å². The molecule has 0 aliphatic rings. The van der Waals surface area contributed by atoms with Gasteiger partial charge in [0.15, 0.2) is 9.84 Å². The highest BCUT2D eigenvalue weighted by Crippen LogP contribution is 2.20. The van der Waals surface area contributed by atoms with Crippen LogP contribution in [0, 0.1) is 6.92 Å². The standard InChI is InChI=1S/C12H15F3N2O3S/c1-8-3-4-9(21(2,19)20)5-10(8)16-6-11(18)17-7-12(13,14)15/h3-5,16H,6-7H2,1-2H3,(H,17,18). The van der Waals surface area contributed by atoms with Crippen LogP contribution < -0.4 is 10.6 Å². The van der Waals surface area contributed by atoms with Crippen LogP contribution in [0.4, 0.5) is 18.9 Å². The molecule has 1 rings (SSSR count). The molecule has 1 aromatic rings. The van der Waals surface area contributed by atoms with E-state index in [0.717, 1.165) is 6.26 Å². The van der Waals surface area contributed by atoms with Crippen molar-refractivity contribution in [3.63, 3.8) is 0 Å². The van der Waals surface area contributed by atoms with Crippen LogP contribution in [0.25, 0.3) is 0 Å². The number of anilines is 1. The van der Waals surface area contributed by atoms with E-state index in [1.807, 2.05) is 0 Å². The number of benzene rings is 1. The molecule has 0 heterocycles. The predicted octanol–water partition coefficient (Wildman–Crippen LogP) is 1.49. The first-order valence-corrected chi connectivity index (χ1v) is 7.76. The maximum absolute atomic E-state index is 11.9. The van der Waals surface area contributed by atoms with Crippen molar-refractivity contribution in [3.8, 4) is 0 Å². The Labute approximate surface area is 120 Å². The summed E-state index contributed by atoms with van der Waals surface area (Å²) in [6, 6.07) is 4.30. The molecule has 1 aromatic carbocycles. The molecule has 9 heteroatoms. The first kappa shape index (κ1) is 17.3. The monoisotopic (exact) mass is 324 g/mol. The van der Waals surface area contributed by atoms with E-state index in [2.05, 4.69) is 5.32 Å². The van der Waals surface area contributed by atoms with E-state index in [1.54, 1.807) is 18.3 Å². The molecule has 0 aromatic heterocycles. The van der Waals surface area contributed by atoms with Crippen molar-refractivity contribution in [2.24, 2.45) is 0 Å². The Morgan fingerprint density at radius 2 is 1.90 bits per heavy atom. The van der Waals surface area contributed by atoms with Gasteiger partial charge in [0.25, 0.3) is 0 Å². The molecule has 0 spiro atoms. The van der Waals surface area contributed by atoms with Gasteiger partial charge in [0.05, 0.1) is 11.4 Å².